The molecule has 1 aromatic carbocycles. The third-order valence-corrected chi connectivity index (χ3v) is 6.21. The quantitative estimate of drug-likeness (QED) is 0.509. The van der Waals surface area contributed by atoms with Crippen LogP contribution in [0, 0.1) is 0 Å². The molecule has 0 aliphatic heterocycles. The van der Waals surface area contributed by atoms with Crippen LogP contribution in [0.3, 0.4) is 0 Å². The summed E-state index contributed by atoms with van der Waals surface area (Å²) in [6.45, 7) is 6.46. The van der Waals surface area contributed by atoms with Crippen LogP contribution in [0.2, 0.25) is 0 Å². The zero-order chi connectivity index (χ0) is 21.8. The number of methoxy groups -OCH3 is 1. The summed E-state index contributed by atoms with van der Waals surface area (Å²) in [7, 11) is 1.75. The van der Waals surface area contributed by atoms with Gasteiger partial charge < -0.3 is 10.1 Å². The van der Waals surface area contributed by atoms with Crippen molar-refractivity contribution in [2.24, 2.45) is 0 Å². The maximum Gasteiger partial charge on any atom is 0.148 e. The monoisotopic (exact) mass is 416 g/mol. The first-order valence-corrected chi connectivity index (χ1v) is 11.4. The average Bonchev–Trinajstić information content (AvgIpc) is 3.29. The Kier molecular flexibility index (Phi) is 6.50. The molecule has 1 unspecified atom stereocenters. The minimum atomic E-state index is 0.174. The molecule has 4 rings (SSSR count). The smallest absolute Gasteiger partial charge is 0.148 e. The molecule has 5 nitrogen and oxygen atoms in total. The Bertz CT molecular complexity index is 1050. The van der Waals surface area contributed by atoms with E-state index >= 15 is 0 Å². The highest BCUT2D eigenvalue weighted by Crippen LogP contribution is 2.37. The van der Waals surface area contributed by atoms with Gasteiger partial charge in [0.15, 0.2) is 0 Å². The number of benzene rings is 1. The Hall–Kier alpha value is -2.95. The first-order valence-electron chi connectivity index (χ1n) is 11.4. The molecule has 0 fully saturated rings. The molecule has 1 N–H and O–H groups in total. The van der Waals surface area contributed by atoms with Gasteiger partial charge >= 0.3 is 0 Å². The molecule has 0 saturated carbocycles. The van der Waals surface area contributed by atoms with Gasteiger partial charge in [-0.25, -0.2) is 9.97 Å². The van der Waals surface area contributed by atoms with Gasteiger partial charge in [0.1, 0.15) is 11.6 Å². The molecule has 3 aromatic rings. The highest BCUT2D eigenvalue weighted by molar-refractivity contribution is 5.72. The normalized spacial score (nSPS) is 13.7. The number of nitrogens with one attached hydrogen (secondary N) is 1. The number of rotatable bonds is 8. The highest BCUT2D eigenvalue weighted by Gasteiger charge is 2.22. The fourth-order valence-electron chi connectivity index (χ4n) is 4.47. The van der Waals surface area contributed by atoms with Gasteiger partial charge in [-0.2, -0.15) is 0 Å². The number of hydrogen-bond donors (Lipinski definition) is 1. The van der Waals surface area contributed by atoms with Gasteiger partial charge in [0.25, 0.3) is 0 Å². The number of anilines is 1. The second-order valence-corrected chi connectivity index (χ2v) is 8.08. The molecule has 1 aliphatic carbocycles. The molecule has 0 radical (unpaired) electrons. The van der Waals surface area contributed by atoms with Gasteiger partial charge in [-0.3, -0.25) is 4.98 Å². The predicted molar refractivity (Wildman–Crippen MR) is 126 cm³/mol. The van der Waals surface area contributed by atoms with Gasteiger partial charge in [-0.1, -0.05) is 20.8 Å². The lowest BCUT2D eigenvalue weighted by molar-refractivity contribution is 0.415. The van der Waals surface area contributed by atoms with Gasteiger partial charge in [0.05, 0.1) is 30.2 Å². The van der Waals surface area contributed by atoms with Gasteiger partial charge in [-0.05, 0) is 79.5 Å². The fraction of sp³-hybridized carbons (Fsp3) is 0.423. The summed E-state index contributed by atoms with van der Waals surface area (Å²) in [6, 6.07) is 8.78. The van der Waals surface area contributed by atoms with E-state index in [1.807, 2.05) is 12.4 Å². The van der Waals surface area contributed by atoms with E-state index in [0.29, 0.717) is 0 Å². The van der Waals surface area contributed by atoms with E-state index in [2.05, 4.69) is 55.3 Å². The van der Waals surface area contributed by atoms with Crippen molar-refractivity contribution in [1.29, 1.82) is 0 Å². The van der Waals surface area contributed by atoms with E-state index in [4.69, 9.17) is 14.7 Å². The van der Waals surface area contributed by atoms with E-state index in [-0.39, 0.29) is 6.04 Å². The van der Waals surface area contributed by atoms with Crippen LogP contribution < -0.4 is 10.1 Å². The number of hydrogen-bond acceptors (Lipinski definition) is 5. The van der Waals surface area contributed by atoms with Crippen LogP contribution in [0.4, 0.5) is 5.82 Å². The number of pyridine rings is 1. The number of nitrogens with zero attached hydrogens (tertiary/aromatic N) is 3. The number of fused-ring (bicyclic) bond motifs is 1. The molecule has 162 valence electrons. The third-order valence-electron chi connectivity index (χ3n) is 6.21. The second-order valence-electron chi connectivity index (χ2n) is 8.08. The molecular weight excluding hydrogens is 384 g/mol. The van der Waals surface area contributed by atoms with E-state index in [0.717, 1.165) is 66.3 Å². The minimum absolute atomic E-state index is 0.174. The predicted octanol–water partition coefficient (Wildman–Crippen LogP) is 5.72. The van der Waals surface area contributed by atoms with Gasteiger partial charge in [-0.15, -0.1) is 0 Å². The summed E-state index contributed by atoms with van der Waals surface area (Å²) in [5, 5.41) is 3.66. The molecule has 0 amide bonds. The van der Waals surface area contributed by atoms with Crippen molar-refractivity contribution in [2.75, 3.05) is 12.4 Å². The Morgan fingerprint density at radius 3 is 2.32 bits per heavy atom. The van der Waals surface area contributed by atoms with E-state index < -0.39 is 0 Å². The van der Waals surface area contributed by atoms with Crippen LogP contribution in [0.5, 0.6) is 5.75 Å². The topological polar surface area (TPSA) is 59.9 Å². The molecule has 0 bridgehead atoms. The minimum Gasteiger partial charge on any atom is -0.496 e. The van der Waals surface area contributed by atoms with Crippen molar-refractivity contribution < 1.29 is 4.74 Å². The van der Waals surface area contributed by atoms with Crippen molar-refractivity contribution in [3.05, 3.63) is 64.7 Å². The second kappa shape index (κ2) is 9.46. The van der Waals surface area contributed by atoms with Crippen molar-refractivity contribution in [3.63, 3.8) is 0 Å². The molecule has 2 heterocycles. The number of aromatic nitrogens is 3. The first kappa shape index (κ1) is 21.3. The van der Waals surface area contributed by atoms with Crippen molar-refractivity contribution in [2.45, 2.75) is 65.3 Å². The van der Waals surface area contributed by atoms with Crippen LogP contribution in [-0.2, 0) is 25.7 Å². The molecule has 0 spiro atoms. The summed E-state index contributed by atoms with van der Waals surface area (Å²) in [6.07, 6.45) is 9.74. The van der Waals surface area contributed by atoms with Crippen molar-refractivity contribution in [1.82, 2.24) is 15.0 Å². The molecule has 1 aliphatic rings. The molecule has 31 heavy (non-hydrogen) atoms. The zero-order valence-corrected chi connectivity index (χ0v) is 19.0. The highest BCUT2D eigenvalue weighted by atomic mass is 16.5. The van der Waals surface area contributed by atoms with Gasteiger partial charge in [0.2, 0.25) is 0 Å². The van der Waals surface area contributed by atoms with E-state index in [1.165, 1.54) is 23.1 Å². The molecule has 1 atom stereocenters. The van der Waals surface area contributed by atoms with Crippen LogP contribution in [0.25, 0.3) is 11.3 Å². The Morgan fingerprint density at radius 1 is 0.968 bits per heavy atom. The van der Waals surface area contributed by atoms with Crippen molar-refractivity contribution in [3.8, 4) is 17.0 Å². The van der Waals surface area contributed by atoms with Crippen LogP contribution >= 0.6 is 0 Å². The lowest BCUT2D eigenvalue weighted by Gasteiger charge is -2.21. The average molecular weight is 417 g/mol. The maximum atomic E-state index is 5.78. The lowest BCUT2D eigenvalue weighted by atomic mass is 10.00. The van der Waals surface area contributed by atoms with Crippen LogP contribution in [-0.4, -0.2) is 22.1 Å². The summed E-state index contributed by atoms with van der Waals surface area (Å²) in [5.74, 6) is 1.78. The van der Waals surface area contributed by atoms with E-state index in [9.17, 15) is 0 Å². The Labute approximate surface area is 185 Å². The number of aryl methyl sites for hydroxylation is 4. The van der Waals surface area contributed by atoms with Crippen LogP contribution in [0.15, 0.2) is 36.7 Å². The molecular formula is C26H32N4O. The molecule has 2 aromatic heterocycles. The maximum absolute atomic E-state index is 5.78. The molecule has 5 heteroatoms. The first-order chi connectivity index (χ1) is 15.2. The van der Waals surface area contributed by atoms with E-state index in [1.54, 1.807) is 7.11 Å². The standard InChI is InChI=1S/C26H32N4O/c1-5-21(17-11-13-27-14-12-17)29-26-23(7-3)28-25(22(6-2)30-26)20-15-18-9-8-10-19(18)16-24(20)31-4/h11-16,21H,5-10H2,1-4H3,(H,29,30). The lowest BCUT2D eigenvalue weighted by Crippen LogP contribution is -2.15. The van der Waals surface area contributed by atoms with Crippen LogP contribution in [0.1, 0.15) is 67.7 Å². The summed E-state index contributed by atoms with van der Waals surface area (Å²) >= 11 is 0. The third kappa shape index (κ3) is 4.27. The summed E-state index contributed by atoms with van der Waals surface area (Å²) in [4.78, 5) is 14.4. The fourth-order valence-corrected chi connectivity index (χ4v) is 4.47. The van der Waals surface area contributed by atoms with Gasteiger partial charge in [0, 0.05) is 18.0 Å². The number of ether oxygens (including phenoxy) is 1. The largest absolute Gasteiger partial charge is 0.496 e. The zero-order valence-electron chi connectivity index (χ0n) is 19.0. The van der Waals surface area contributed by atoms with Crippen molar-refractivity contribution >= 4 is 5.82 Å². The Morgan fingerprint density at radius 2 is 1.68 bits per heavy atom. The summed E-state index contributed by atoms with van der Waals surface area (Å²) < 4.78 is 5.78. The molecule has 0 saturated heterocycles. The summed E-state index contributed by atoms with van der Waals surface area (Å²) in [5.41, 5.74) is 8.04. The Balaban J connectivity index is 1.77. The SMILES string of the molecule is CCc1nc(-c2cc3c(cc2OC)CCC3)c(CC)nc1NC(CC)c1ccncc1.